The molecule has 0 bridgehead atoms. The molecule has 1 fully saturated rings. The van der Waals surface area contributed by atoms with E-state index < -0.39 is 0 Å². The van der Waals surface area contributed by atoms with E-state index in [1.54, 1.807) is 11.3 Å². The van der Waals surface area contributed by atoms with Crippen molar-refractivity contribution in [2.24, 2.45) is 7.05 Å². The van der Waals surface area contributed by atoms with Gasteiger partial charge in [-0.25, -0.2) is 4.98 Å². The molecule has 0 N–H and O–H groups in total. The molecule has 5 nitrogen and oxygen atoms in total. The molecule has 0 aromatic carbocycles. The highest BCUT2D eigenvalue weighted by Gasteiger charge is 2.33. The summed E-state index contributed by atoms with van der Waals surface area (Å²) in [6, 6.07) is 0.191. The zero-order valence-electron chi connectivity index (χ0n) is 13.4. The van der Waals surface area contributed by atoms with E-state index in [9.17, 15) is 4.79 Å². The maximum atomic E-state index is 12.6. The molecule has 1 saturated heterocycles. The normalized spacial score (nSPS) is 18.1. The molecule has 22 heavy (non-hydrogen) atoms. The lowest BCUT2D eigenvalue weighted by molar-refractivity contribution is -0.132. The highest BCUT2D eigenvalue weighted by molar-refractivity contribution is 7.07. The number of hydrogen-bond acceptors (Lipinski definition) is 4. The summed E-state index contributed by atoms with van der Waals surface area (Å²) in [5.74, 6) is 0.234. The van der Waals surface area contributed by atoms with Crippen molar-refractivity contribution in [3.8, 4) is 0 Å². The van der Waals surface area contributed by atoms with Crippen LogP contribution in [0.1, 0.15) is 47.9 Å². The lowest BCUT2D eigenvalue weighted by Crippen LogP contribution is -2.31. The molecule has 1 atom stereocenters. The summed E-state index contributed by atoms with van der Waals surface area (Å²) in [4.78, 5) is 18.9. The molecular formula is C16H22N4OS. The van der Waals surface area contributed by atoms with Gasteiger partial charge in [0.1, 0.15) is 0 Å². The summed E-state index contributed by atoms with van der Waals surface area (Å²) in [6.45, 7) is 4.98. The maximum Gasteiger partial charge on any atom is 0.223 e. The lowest BCUT2D eigenvalue weighted by atomic mass is 10.0. The standard InChI is InChI=1S/C16H22N4OS/c1-11-16(12(2)19(3)18-11)14-5-4-8-20(14)15(21)7-6-13-9-22-10-17-13/h9-10,14H,4-8H2,1-3H3/t14-/m0/s1. The van der Waals surface area contributed by atoms with Gasteiger partial charge < -0.3 is 4.90 Å². The third-order valence-corrected chi connectivity index (χ3v) is 5.19. The van der Waals surface area contributed by atoms with Crippen LogP contribution in [0.25, 0.3) is 0 Å². The van der Waals surface area contributed by atoms with Crippen LogP contribution >= 0.6 is 11.3 Å². The first kappa shape index (κ1) is 15.2. The number of carbonyl (C=O) groups excluding carboxylic acids is 1. The molecule has 3 heterocycles. The van der Waals surface area contributed by atoms with Gasteiger partial charge in [-0.05, 0) is 33.1 Å². The summed E-state index contributed by atoms with van der Waals surface area (Å²) >= 11 is 1.58. The van der Waals surface area contributed by atoms with Crippen LogP contribution in [0, 0.1) is 13.8 Å². The van der Waals surface area contributed by atoms with E-state index in [1.165, 1.54) is 11.3 Å². The van der Waals surface area contributed by atoms with E-state index >= 15 is 0 Å². The van der Waals surface area contributed by atoms with Crippen LogP contribution in [-0.4, -0.2) is 32.1 Å². The zero-order valence-corrected chi connectivity index (χ0v) is 14.2. The first-order chi connectivity index (χ1) is 10.6. The Kier molecular flexibility index (Phi) is 4.29. The van der Waals surface area contributed by atoms with Crippen LogP contribution < -0.4 is 0 Å². The largest absolute Gasteiger partial charge is 0.336 e. The van der Waals surface area contributed by atoms with Crippen molar-refractivity contribution in [3.63, 3.8) is 0 Å². The Morgan fingerprint density at radius 2 is 2.27 bits per heavy atom. The number of hydrogen-bond donors (Lipinski definition) is 0. The molecule has 1 amide bonds. The second-order valence-corrected chi connectivity index (χ2v) is 6.65. The lowest BCUT2D eigenvalue weighted by Gasteiger charge is -2.25. The van der Waals surface area contributed by atoms with Crippen molar-refractivity contribution < 1.29 is 4.79 Å². The van der Waals surface area contributed by atoms with Gasteiger partial charge in [-0.1, -0.05) is 0 Å². The summed E-state index contributed by atoms with van der Waals surface area (Å²) in [6.07, 6.45) is 3.38. The second-order valence-electron chi connectivity index (χ2n) is 5.93. The van der Waals surface area contributed by atoms with Crippen LogP contribution in [0.4, 0.5) is 0 Å². The highest BCUT2D eigenvalue weighted by atomic mass is 32.1. The van der Waals surface area contributed by atoms with E-state index in [4.69, 9.17) is 0 Å². The first-order valence-corrected chi connectivity index (χ1v) is 8.69. The summed E-state index contributed by atoms with van der Waals surface area (Å²) in [5, 5.41) is 6.52. The van der Waals surface area contributed by atoms with Gasteiger partial charge in [-0.15, -0.1) is 11.3 Å². The quantitative estimate of drug-likeness (QED) is 0.871. The molecule has 1 aliphatic rings. The number of amides is 1. The van der Waals surface area contributed by atoms with Crippen molar-refractivity contribution in [1.29, 1.82) is 0 Å². The van der Waals surface area contributed by atoms with Gasteiger partial charge in [-0.2, -0.15) is 5.10 Å². The predicted molar refractivity (Wildman–Crippen MR) is 86.8 cm³/mol. The molecule has 2 aromatic rings. The Morgan fingerprint density at radius 1 is 1.45 bits per heavy atom. The molecular weight excluding hydrogens is 296 g/mol. The summed E-state index contributed by atoms with van der Waals surface area (Å²) < 4.78 is 1.92. The SMILES string of the molecule is Cc1nn(C)c(C)c1[C@@H]1CCCN1C(=O)CCc1cscn1. The molecule has 118 valence electrons. The number of thiazole rings is 1. The number of aryl methyl sites for hydroxylation is 3. The first-order valence-electron chi connectivity index (χ1n) is 7.74. The fourth-order valence-electron chi connectivity index (χ4n) is 3.38. The average molecular weight is 318 g/mol. The van der Waals surface area contributed by atoms with E-state index in [2.05, 4.69) is 17.0 Å². The van der Waals surface area contributed by atoms with Crippen molar-refractivity contribution in [2.45, 2.75) is 45.6 Å². The smallest absolute Gasteiger partial charge is 0.223 e. The fraction of sp³-hybridized carbons (Fsp3) is 0.562. The average Bonchev–Trinajstić information content (AvgIpc) is 3.19. The van der Waals surface area contributed by atoms with Crippen molar-refractivity contribution in [3.05, 3.63) is 33.5 Å². The minimum absolute atomic E-state index is 0.191. The molecule has 0 radical (unpaired) electrons. The predicted octanol–water partition coefficient (Wildman–Crippen LogP) is 2.79. The number of aromatic nitrogens is 3. The molecule has 0 saturated carbocycles. The molecule has 0 unspecified atom stereocenters. The Labute approximate surface area is 135 Å². The number of carbonyl (C=O) groups is 1. The maximum absolute atomic E-state index is 12.6. The minimum atomic E-state index is 0.191. The monoisotopic (exact) mass is 318 g/mol. The Hall–Kier alpha value is -1.69. The van der Waals surface area contributed by atoms with E-state index in [0.717, 1.165) is 37.2 Å². The summed E-state index contributed by atoms with van der Waals surface area (Å²) in [5.41, 5.74) is 6.29. The zero-order chi connectivity index (χ0) is 15.7. The van der Waals surface area contributed by atoms with Crippen LogP contribution in [0.2, 0.25) is 0 Å². The molecule has 6 heteroatoms. The Bertz CT molecular complexity index is 662. The molecule has 3 rings (SSSR count). The van der Waals surface area contributed by atoms with Crippen LogP contribution in [-0.2, 0) is 18.3 Å². The van der Waals surface area contributed by atoms with Crippen molar-refractivity contribution >= 4 is 17.2 Å². The minimum Gasteiger partial charge on any atom is -0.336 e. The molecule has 0 aliphatic carbocycles. The Morgan fingerprint density at radius 3 is 2.91 bits per heavy atom. The van der Waals surface area contributed by atoms with Crippen LogP contribution in [0.3, 0.4) is 0 Å². The van der Waals surface area contributed by atoms with Gasteiger partial charge in [-0.3, -0.25) is 9.48 Å². The third kappa shape index (κ3) is 2.79. The fourth-order valence-corrected chi connectivity index (χ4v) is 3.97. The van der Waals surface area contributed by atoms with Gasteiger partial charge in [0.25, 0.3) is 0 Å². The molecule has 0 spiro atoms. The number of rotatable bonds is 4. The van der Waals surface area contributed by atoms with E-state index in [0.29, 0.717) is 6.42 Å². The van der Waals surface area contributed by atoms with Gasteiger partial charge >= 0.3 is 0 Å². The van der Waals surface area contributed by atoms with Gasteiger partial charge in [0.05, 0.1) is 22.9 Å². The van der Waals surface area contributed by atoms with Gasteiger partial charge in [0, 0.05) is 36.7 Å². The van der Waals surface area contributed by atoms with E-state index in [1.807, 2.05) is 34.4 Å². The van der Waals surface area contributed by atoms with Crippen molar-refractivity contribution in [1.82, 2.24) is 19.7 Å². The van der Waals surface area contributed by atoms with Crippen LogP contribution in [0.15, 0.2) is 10.9 Å². The summed E-state index contributed by atoms with van der Waals surface area (Å²) in [7, 11) is 1.97. The van der Waals surface area contributed by atoms with Gasteiger partial charge in [0.2, 0.25) is 5.91 Å². The number of likely N-dealkylation sites (tertiary alicyclic amines) is 1. The van der Waals surface area contributed by atoms with Crippen molar-refractivity contribution in [2.75, 3.05) is 6.54 Å². The number of nitrogens with zero attached hydrogens (tertiary/aromatic N) is 4. The third-order valence-electron chi connectivity index (χ3n) is 4.55. The molecule has 2 aromatic heterocycles. The molecule has 1 aliphatic heterocycles. The topological polar surface area (TPSA) is 51.0 Å². The van der Waals surface area contributed by atoms with E-state index in [-0.39, 0.29) is 11.9 Å². The van der Waals surface area contributed by atoms with Gasteiger partial charge in [0.15, 0.2) is 0 Å². The van der Waals surface area contributed by atoms with Crippen LogP contribution in [0.5, 0.6) is 0 Å². The highest BCUT2D eigenvalue weighted by Crippen LogP contribution is 2.35. The second kappa shape index (κ2) is 6.20. The Balaban J connectivity index is 1.73.